The van der Waals surface area contributed by atoms with E-state index in [1.807, 2.05) is 23.2 Å². The maximum atomic E-state index is 12.7. The molecule has 4 rings (SSSR count). The number of hydrogen-bond acceptors (Lipinski definition) is 2. The average molecular weight is 345 g/mol. The number of nitrogens with zero attached hydrogens (tertiary/aromatic N) is 2. The first-order valence-electron chi connectivity index (χ1n) is 9.19. The molecule has 0 aliphatic heterocycles. The molecule has 1 aliphatic carbocycles. The Morgan fingerprint density at radius 2 is 1.92 bits per heavy atom. The minimum atomic E-state index is -0.0135. The maximum absolute atomic E-state index is 12.7. The molecule has 4 heteroatoms. The van der Waals surface area contributed by atoms with Gasteiger partial charge in [0, 0.05) is 25.5 Å². The second-order valence-corrected chi connectivity index (χ2v) is 6.91. The Morgan fingerprint density at radius 3 is 2.73 bits per heavy atom. The molecule has 0 fully saturated rings. The largest absolute Gasteiger partial charge is 0.351 e. The number of benzene rings is 2. The molecule has 26 heavy (non-hydrogen) atoms. The summed E-state index contributed by atoms with van der Waals surface area (Å²) in [5.41, 5.74) is 4.87. The third-order valence-electron chi connectivity index (χ3n) is 5.10. The predicted molar refractivity (Wildman–Crippen MR) is 102 cm³/mol. The Balaban J connectivity index is 1.36. The molecule has 0 bridgehead atoms. The number of nitrogens with one attached hydrogen (secondary N) is 1. The Labute approximate surface area is 153 Å². The van der Waals surface area contributed by atoms with Crippen molar-refractivity contribution in [3.63, 3.8) is 0 Å². The van der Waals surface area contributed by atoms with Gasteiger partial charge >= 0.3 is 0 Å². The van der Waals surface area contributed by atoms with Crippen LogP contribution in [0.4, 0.5) is 0 Å². The summed E-state index contributed by atoms with van der Waals surface area (Å²) in [6.07, 6.45) is 8.66. The van der Waals surface area contributed by atoms with E-state index in [0.29, 0.717) is 6.54 Å². The summed E-state index contributed by atoms with van der Waals surface area (Å²) < 4.78 is 2.04. The van der Waals surface area contributed by atoms with Crippen LogP contribution in [0.15, 0.2) is 67.3 Å². The van der Waals surface area contributed by atoms with E-state index in [1.54, 1.807) is 6.20 Å². The van der Waals surface area contributed by atoms with Gasteiger partial charge in [-0.15, -0.1) is 0 Å². The fraction of sp³-hybridized carbons (Fsp3) is 0.273. The lowest BCUT2D eigenvalue weighted by atomic mass is 9.82. The summed E-state index contributed by atoms with van der Waals surface area (Å²) in [5.74, 6) is 0.125. The first-order chi connectivity index (χ1) is 12.8. The van der Waals surface area contributed by atoms with Crippen LogP contribution in [0.25, 0.3) is 0 Å². The number of hydrogen-bond donors (Lipinski definition) is 1. The van der Waals surface area contributed by atoms with Gasteiger partial charge in [-0.1, -0.05) is 48.5 Å². The number of aryl methyl sites for hydroxylation is 1. The van der Waals surface area contributed by atoms with E-state index in [4.69, 9.17) is 0 Å². The van der Waals surface area contributed by atoms with Gasteiger partial charge in [-0.3, -0.25) is 4.79 Å². The molecule has 1 atom stereocenters. The van der Waals surface area contributed by atoms with Crippen molar-refractivity contribution >= 4 is 5.91 Å². The van der Waals surface area contributed by atoms with Crippen LogP contribution in [0.5, 0.6) is 0 Å². The van der Waals surface area contributed by atoms with E-state index in [0.717, 1.165) is 31.4 Å². The van der Waals surface area contributed by atoms with Crippen molar-refractivity contribution in [3.8, 4) is 0 Å². The molecule has 3 aromatic rings. The Kier molecular flexibility index (Phi) is 4.82. The van der Waals surface area contributed by atoms with Crippen LogP contribution in [0.2, 0.25) is 0 Å². The van der Waals surface area contributed by atoms with E-state index >= 15 is 0 Å². The highest BCUT2D eigenvalue weighted by molar-refractivity contribution is 5.84. The average Bonchev–Trinajstić information content (AvgIpc) is 3.20. The molecule has 1 unspecified atom stereocenters. The third-order valence-corrected chi connectivity index (χ3v) is 5.10. The van der Waals surface area contributed by atoms with Gasteiger partial charge in [-0.25, -0.2) is 4.98 Å². The quantitative estimate of drug-likeness (QED) is 0.767. The summed E-state index contributed by atoms with van der Waals surface area (Å²) in [4.78, 5) is 16.8. The summed E-state index contributed by atoms with van der Waals surface area (Å²) in [7, 11) is 0. The van der Waals surface area contributed by atoms with E-state index in [2.05, 4.69) is 52.8 Å². The molecule has 2 aromatic carbocycles. The molecule has 0 saturated carbocycles. The monoisotopic (exact) mass is 345 g/mol. The van der Waals surface area contributed by atoms with Crippen molar-refractivity contribution in [2.45, 2.75) is 38.3 Å². The molecule has 1 aromatic heterocycles. The Hall–Kier alpha value is -2.88. The summed E-state index contributed by atoms with van der Waals surface area (Å²) >= 11 is 0. The number of carbonyl (C=O) groups excluding carboxylic acids is 1. The Morgan fingerprint density at radius 1 is 1.12 bits per heavy atom. The molecular weight excluding hydrogens is 322 g/mol. The second kappa shape index (κ2) is 7.56. The highest BCUT2D eigenvalue weighted by Gasteiger charge is 2.25. The molecule has 1 heterocycles. The lowest BCUT2D eigenvalue weighted by Gasteiger charge is -2.24. The fourth-order valence-electron chi connectivity index (χ4n) is 3.69. The van der Waals surface area contributed by atoms with Gasteiger partial charge in [0.25, 0.3) is 0 Å². The smallest absolute Gasteiger partial charge is 0.227 e. The molecule has 0 radical (unpaired) electrons. The van der Waals surface area contributed by atoms with Crippen LogP contribution in [0.3, 0.4) is 0 Å². The third kappa shape index (κ3) is 3.69. The zero-order chi connectivity index (χ0) is 17.8. The lowest BCUT2D eigenvalue weighted by Crippen LogP contribution is -2.31. The van der Waals surface area contributed by atoms with Gasteiger partial charge in [-0.2, -0.15) is 0 Å². The summed E-state index contributed by atoms with van der Waals surface area (Å²) in [6.45, 7) is 1.38. The van der Waals surface area contributed by atoms with Crippen molar-refractivity contribution in [1.29, 1.82) is 0 Å². The van der Waals surface area contributed by atoms with Crippen molar-refractivity contribution < 1.29 is 4.79 Å². The van der Waals surface area contributed by atoms with Gasteiger partial charge < -0.3 is 9.88 Å². The van der Waals surface area contributed by atoms with Crippen molar-refractivity contribution in [1.82, 2.24) is 14.9 Å². The number of imidazole rings is 1. The summed E-state index contributed by atoms with van der Waals surface area (Å²) in [5, 5.41) is 3.12. The van der Waals surface area contributed by atoms with Crippen LogP contribution in [0, 0.1) is 0 Å². The van der Waals surface area contributed by atoms with Gasteiger partial charge in [0.1, 0.15) is 0 Å². The maximum Gasteiger partial charge on any atom is 0.227 e. The number of amides is 1. The van der Waals surface area contributed by atoms with Gasteiger partial charge in [-0.05, 0) is 41.5 Å². The topological polar surface area (TPSA) is 46.9 Å². The number of carbonyl (C=O) groups is 1. The molecule has 4 nitrogen and oxygen atoms in total. The van der Waals surface area contributed by atoms with E-state index in [-0.39, 0.29) is 11.8 Å². The van der Waals surface area contributed by atoms with E-state index in [9.17, 15) is 4.79 Å². The molecule has 0 saturated heterocycles. The van der Waals surface area contributed by atoms with Crippen molar-refractivity contribution in [2.24, 2.45) is 0 Å². The molecule has 1 N–H and O–H groups in total. The highest BCUT2D eigenvalue weighted by atomic mass is 16.1. The predicted octanol–water partition coefficient (Wildman–Crippen LogP) is 3.67. The zero-order valence-corrected chi connectivity index (χ0v) is 14.8. The standard InChI is InChI=1S/C22H23N3O/c26-22(21-7-3-5-19-4-1-2-6-20(19)21)24-14-17-8-10-18(11-9-17)15-25-13-12-23-16-25/h1-2,4,6,8-13,16,21H,3,5,7,14-15H2,(H,24,26). The van der Waals surface area contributed by atoms with Crippen LogP contribution in [0.1, 0.15) is 41.0 Å². The van der Waals surface area contributed by atoms with Gasteiger partial charge in [0.15, 0.2) is 0 Å². The fourth-order valence-corrected chi connectivity index (χ4v) is 3.69. The number of rotatable bonds is 5. The number of aromatic nitrogens is 2. The Bertz CT molecular complexity index is 869. The van der Waals surface area contributed by atoms with Crippen LogP contribution >= 0.6 is 0 Å². The first-order valence-corrected chi connectivity index (χ1v) is 9.19. The molecular formula is C22H23N3O. The molecule has 1 amide bonds. The number of fused-ring (bicyclic) bond motifs is 1. The lowest BCUT2D eigenvalue weighted by molar-refractivity contribution is -0.123. The van der Waals surface area contributed by atoms with E-state index in [1.165, 1.54) is 16.7 Å². The molecule has 1 aliphatic rings. The normalized spacial score (nSPS) is 16.1. The highest BCUT2D eigenvalue weighted by Crippen LogP contribution is 2.31. The van der Waals surface area contributed by atoms with E-state index < -0.39 is 0 Å². The van der Waals surface area contributed by atoms with Crippen LogP contribution in [-0.4, -0.2) is 15.5 Å². The molecule has 0 spiro atoms. The summed E-state index contributed by atoms with van der Waals surface area (Å²) in [6, 6.07) is 16.7. The SMILES string of the molecule is O=C(NCc1ccc(Cn2ccnc2)cc1)C1CCCc2ccccc21. The minimum Gasteiger partial charge on any atom is -0.351 e. The second-order valence-electron chi connectivity index (χ2n) is 6.91. The first kappa shape index (κ1) is 16.6. The minimum absolute atomic E-state index is 0.0135. The van der Waals surface area contributed by atoms with Crippen molar-refractivity contribution in [3.05, 3.63) is 89.5 Å². The molecule has 132 valence electrons. The zero-order valence-electron chi connectivity index (χ0n) is 14.8. The van der Waals surface area contributed by atoms with Gasteiger partial charge in [0.2, 0.25) is 5.91 Å². The van der Waals surface area contributed by atoms with Gasteiger partial charge in [0.05, 0.1) is 12.2 Å². The van der Waals surface area contributed by atoms with Crippen LogP contribution in [-0.2, 0) is 24.3 Å². The van der Waals surface area contributed by atoms with Crippen molar-refractivity contribution in [2.75, 3.05) is 0 Å². The van der Waals surface area contributed by atoms with Crippen LogP contribution < -0.4 is 5.32 Å².